The first-order valence-corrected chi connectivity index (χ1v) is 9.15. The van der Waals surface area contributed by atoms with Crippen molar-refractivity contribution in [1.82, 2.24) is 9.88 Å². The monoisotopic (exact) mass is 376 g/mol. The van der Waals surface area contributed by atoms with Gasteiger partial charge in [0.2, 0.25) is 5.91 Å². The predicted octanol–water partition coefficient (Wildman–Crippen LogP) is 5.29. The number of hydrogen-bond donors (Lipinski definition) is 0. The third kappa shape index (κ3) is 5.53. The van der Waals surface area contributed by atoms with E-state index in [1.165, 1.54) is 5.56 Å². The second kappa shape index (κ2) is 9.15. The van der Waals surface area contributed by atoms with Gasteiger partial charge in [0.05, 0.1) is 0 Å². The van der Waals surface area contributed by atoms with Crippen LogP contribution in [0, 0.1) is 6.92 Å². The van der Waals surface area contributed by atoms with Crippen molar-refractivity contribution in [1.29, 1.82) is 0 Å². The number of carbonyl (C=O) groups is 1. The molecule has 2 aromatic carbocycles. The minimum atomic E-state index is -0.0444. The number of aryl methyl sites for hydroxylation is 1. The lowest BCUT2D eigenvalue weighted by molar-refractivity contribution is -0.127. The molecule has 0 unspecified atom stereocenters. The van der Waals surface area contributed by atoms with Crippen molar-refractivity contribution in [2.45, 2.75) is 20.0 Å². The SMILES string of the molecule is Cc1ccccc1CN(Cc1cccnc1)C(=O)C=Cc1ccc(Cl)cc1. The Morgan fingerprint density at radius 1 is 1.04 bits per heavy atom. The molecule has 0 fully saturated rings. The summed E-state index contributed by atoms with van der Waals surface area (Å²) in [7, 11) is 0. The van der Waals surface area contributed by atoms with Crippen molar-refractivity contribution < 1.29 is 4.79 Å². The van der Waals surface area contributed by atoms with Crippen LogP contribution in [0.5, 0.6) is 0 Å². The molecule has 0 spiro atoms. The summed E-state index contributed by atoms with van der Waals surface area (Å²) in [5.74, 6) is -0.0444. The number of aromatic nitrogens is 1. The molecule has 0 aliphatic heterocycles. The summed E-state index contributed by atoms with van der Waals surface area (Å²) in [6, 6.07) is 19.4. The maximum atomic E-state index is 12.9. The van der Waals surface area contributed by atoms with E-state index in [1.807, 2.05) is 59.5 Å². The first kappa shape index (κ1) is 18.9. The highest BCUT2D eigenvalue weighted by Gasteiger charge is 2.13. The lowest BCUT2D eigenvalue weighted by Gasteiger charge is -2.22. The summed E-state index contributed by atoms with van der Waals surface area (Å²) in [6.45, 7) is 3.11. The standard InChI is InChI=1S/C23H21ClN2O/c1-18-5-2-3-7-21(18)17-26(16-20-6-4-14-25-15-20)23(27)13-10-19-8-11-22(24)12-9-19/h2-15H,16-17H2,1H3. The molecule has 0 saturated carbocycles. The summed E-state index contributed by atoms with van der Waals surface area (Å²) in [4.78, 5) is 18.9. The normalized spacial score (nSPS) is 10.9. The maximum absolute atomic E-state index is 12.9. The second-order valence-corrected chi connectivity index (χ2v) is 6.80. The molecule has 1 aromatic heterocycles. The Hall–Kier alpha value is -2.91. The molecule has 4 heteroatoms. The molecule has 3 aromatic rings. The molecule has 0 bridgehead atoms. The molecule has 3 rings (SSSR count). The molecule has 3 nitrogen and oxygen atoms in total. The van der Waals surface area contributed by atoms with Crippen LogP contribution in [0.25, 0.3) is 6.08 Å². The summed E-state index contributed by atoms with van der Waals surface area (Å²) in [6.07, 6.45) is 6.95. The minimum absolute atomic E-state index is 0.0444. The van der Waals surface area contributed by atoms with Crippen LogP contribution in [0.2, 0.25) is 5.02 Å². The summed E-state index contributed by atoms with van der Waals surface area (Å²) in [5, 5.41) is 0.677. The van der Waals surface area contributed by atoms with Crippen molar-refractivity contribution >= 4 is 23.6 Å². The highest BCUT2D eigenvalue weighted by Crippen LogP contribution is 2.15. The Balaban J connectivity index is 1.80. The van der Waals surface area contributed by atoms with Gasteiger partial charge in [-0.05, 0) is 53.5 Å². The lowest BCUT2D eigenvalue weighted by Crippen LogP contribution is -2.28. The Kier molecular flexibility index (Phi) is 6.39. The Labute approximate surface area is 164 Å². The van der Waals surface area contributed by atoms with E-state index < -0.39 is 0 Å². The van der Waals surface area contributed by atoms with Crippen LogP contribution in [0.15, 0.2) is 79.1 Å². The van der Waals surface area contributed by atoms with E-state index in [1.54, 1.807) is 18.5 Å². The largest absolute Gasteiger partial charge is 0.330 e. The van der Waals surface area contributed by atoms with Crippen LogP contribution in [-0.4, -0.2) is 15.8 Å². The van der Waals surface area contributed by atoms with Gasteiger partial charge in [-0.15, -0.1) is 0 Å². The number of rotatable bonds is 6. The molecule has 0 N–H and O–H groups in total. The number of amides is 1. The molecule has 1 amide bonds. The average molecular weight is 377 g/mol. The van der Waals surface area contributed by atoms with E-state index in [-0.39, 0.29) is 5.91 Å². The number of benzene rings is 2. The molecule has 0 radical (unpaired) electrons. The van der Waals surface area contributed by atoms with E-state index in [9.17, 15) is 4.79 Å². The van der Waals surface area contributed by atoms with E-state index in [4.69, 9.17) is 11.6 Å². The lowest BCUT2D eigenvalue weighted by atomic mass is 10.1. The fraction of sp³-hybridized carbons (Fsp3) is 0.130. The highest BCUT2D eigenvalue weighted by atomic mass is 35.5. The number of pyridine rings is 1. The van der Waals surface area contributed by atoms with E-state index in [0.29, 0.717) is 18.1 Å². The van der Waals surface area contributed by atoms with E-state index >= 15 is 0 Å². The fourth-order valence-corrected chi connectivity index (χ4v) is 2.89. The van der Waals surface area contributed by atoms with Crippen molar-refractivity contribution in [2.24, 2.45) is 0 Å². The average Bonchev–Trinajstić information content (AvgIpc) is 2.69. The zero-order valence-electron chi connectivity index (χ0n) is 15.2. The highest BCUT2D eigenvalue weighted by molar-refractivity contribution is 6.30. The molecule has 0 saturated heterocycles. The van der Waals surface area contributed by atoms with Gasteiger partial charge in [0.15, 0.2) is 0 Å². The maximum Gasteiger partial charge on any atom is 0.247 e. The number of carbonyl (C=O) groups excluding carboxylic acids is 1. The molecular weight excluding hydrogens is 356 g/mol. The fourth-order valence-electron chi connectivity index (χ4n) is 2.76. The van der Waals surface area contributed by atoms with Crippen LogP contribution in [-0.2, 0) is 17.9 Å². The zero-order valence-corrected chi connectivity index (χ0v) is 15.9. The number of nitrogens with zero attached hydrogens (tertiary/aromatic N) is 2. The first-order chi connectivity index (χ1) is 13.1. The topological polar surface area (TPSA) is 33.2 Å². The van der Waals surface area contributed by atoms with Gasteiger partial charge < -0.3 is 4.90 Å². The summed E-state index contributed by atoms with van der Waals surface area (Å²) in [5.41, 5.74) is 4.24. The smallest absolute Gasteiger partial charge is 0.247 e. The van der Waals surface area contributed by atoms with Gasteiger partial charge in [-0.1, -0.05) is 54.1 Å². The third-order valence-electron chi connectivity index (χ3n) is 4.32. The molecule has 136 valence electrons. The third-order valence-corrected chi connectivity index (χ3v) is 4.57. The van der Waals surface area contributed by atoms with Crippen LogP contribution < -0.4 is 0 Å². The van der Waals surface area contributed by atoms with Crippen molar-refractivity contribution in [3.63, 3.8) is 0 Å². The molecule has 0 aliphatic carbocycles. The van der Waals surface area contributed by atoms with Crippen LogP contribution in [0.4, 0.5) is 0 Å². The Bertz CT molecular complexity index is 921. The van der Waals surface area contributed by atoms with Crippen LogP contribution in [0.3, 0.4) is 0 Å². The van der Waals surface area contributed by atoms with Crippen LogP contribution >= 0.6 is 11.6 Å². The van der Waals surface area contributed by atoms with Gasteiger partial charge in [0.1, 0.15) is 0 Å². The molecule has 27 heavy (non-hydrogen) atoms. The van der Waals surface area contributed by atoms with Gasteiger partial charge in [-0.3, -0.25) is 9.78 Å². The van der Waals surface area contributed by atoms with Crippen molar-refractivity contribution in [2.75, 3.05) is 0 Å². The summed E-state index contributed by atoms with van der Waals surface area (Å²) < 4.78 is 0. The minimum Gasteiger partial charge on any atom is -0.330 e. The van der Waals surface area contributed by atoms with Crippen molar-refractivity contribution in [3.8, 4) is 0 Å². The quantitative estimate of drug-likeness (QED) is 0.548. The van der Waals surface area contributed by atoms with E-state index in [2.05, 4.69) is 24.0 Å². The van der Waals surface area contributed by atoms with E-state index in [0.717, 1.165) is 16.7 Å². The van der Waals surface area contributed by atoms with Gasteiger partial charge in [0.25, 0.3) is 0 Å². The van der Waals surface area contributed by atoms with Gasteiger partial charge >= 0.3 is 0 Å². The zero-order chi connectivity index (χ0) is 19.1. The predicted molar refractivity (Wildman–Crippen MR) is 110 cm³/mol. The molecule has 0 aliphatic rings. The second-order valence-electron chi connectivity index (χ2n) is 6.37. The molecule has 0 atom stereocenters. The Morgan fingerprint density at radius 3 is 2.52 bits per heavy atom. The van der Waals surface area contributed by atoms with Gasteiger partial charge in [-0.25, -0.2) is 0 Å². The Morgan fingerprint density at radius 2 is 1.81 bits per heavy atom. The van der Waals surface area contributed by atoms with Gasteiger partial charge in [-0.2, -0.15) is 0 Å². The number of hydrogen-bond acceptors (Lipinski definition) is 2. The molecular formula is C23H21ClN2O. The number of halogens is 1. The van der Waals surface area contributed by atoms with Crippen LogP contribution in [0.1, 0.15) is 22.3 Å². The van der Waals surface area contributed by atoms with Gasteiger partial charge in [0, 0.05) is 36.6 Å². The summed E-state index contributed by atoms with van der Waals surface area (Å²) >= 11 is 5.92. The van der Waals surface area contributed by atoms with Crippen molar-refractivity contribution in [3.05, 3.63) is 106 Å². The first-order valence-electron chi connectivity index (χ1n) is 8.78. The molecule has 1 heterocycles.